The Balaban J connectivity index is 1.75. The van der Waals surface area contributed by atoms with Gasteiger partial charge in [-0.15, -0.1) is 0 Å². The van der Waals surface area contributed by atoms with Gasteiger partial charge in [0.05, 0.1) is 42.8 Å². The zero-order valence-corrected chi connectivity index (χ0v) is 18.1. The Hall–Kier alpha value is -3.69. The lowest BCUT2D eigenvalue weighted by molar-refractivity contribution is 0.201. The SMILES string of the molecule is COc1cc(OCCO)cc(N(CCN)c2ccc3ncc(-c4cnn(C)c4)nc3c2)c1. The van der Waals surface area contributed by atoms with Gasteiger partial charge in [0.2, 0.25) is 0 Å². The van der Waals surface area contributed by atoms with Crippen LogP contribution >= 0.6 is 0 Å². The molecule has 0 unspecified atom stereocenters. The number of aliphatic hydroxyl groups excluding tert-OH is 1. The fourth-order valence-corrected chi connectivity index (χ4v) is 3.47. The second kappa shape index (κ2) is 9.63. The first-order valence-corrected chi connectivity index (χ1v) is 10.3. The lowest BCUT2D eigenvalue weighted by atomic mass is 10.2. The molecule has 9 nitrogen and oxygen atoms in total. The highest BCUT2D eigenvalue weighted by molar-refractivity contribution is 5.82. The minimum Gasteiger partial charge on any atom is -0.497 e. The first-order valence-electron chi connectivity index (χ1n) is 10.3. The number of hydrogen-bond acceptors (Lipinski definition) is 8. The summed E-state index contributed by atoms with van der Waals surface area (Å²) >= 11 is 0. The standard InChI is InChI=1S/C23H26N6O3/c1-28-15-16(13-26-28)23-14-25-21-4-3-17(11-22(21)27-23)29(6-5-24)18-9-19(31-2)12-20(10-18)32-8-7-30/h3-4,9-15,30H,5-8,24H2,1-2H3. The van der Waals surface area contributed by atoms with Gasteiger partial charge in [-0.1, -0.05) is 0 Å². The first-order chi connectivity index (χ1) is 15.6. The fourth-order valence-electron chi connectivity index (χ4n) is 3.47. The number of rotatable bonds is 9. The van der Waals surface area contributed by atoms with Crippen LogP contribution in [0.4, 0.5) is 11.4 Å². The maximum Gasteiger partial charge on any atom is 0.125 e. The molecule has 4 rings (SSSR count). The molecular weight excluding hydrogens is 408 g/mol. The zero-order chi connectivity index (χ0) is 22.5. The Morgan fingerprint density at radius 1 is 1.06 bits per heavy atom. The minimum absolute atomic E-state index is 0.0678. The van der Waals surface area contributed by atoms with Crippen molar-refractivity contribution in [2.45, 2.75) is 0 Å². The van der Waals surface area contributed by atoms with Gasteiger partial charge in [0, 0.05) is 61.5 Å². The topological polar surface area (TPSA) is 112 Å². The van der Waals surface area contributed by atoms with Crippen molar-refractivity contribution in [3.63, 3.8) is 0 Å². The minimum atomic E-state index is -0.0678. The molecule has 4 aromatic rings. The van der Waals surface area contributed by atoms with Gasteiger partial charge >= 0.3 is 0 Å². The molecule has 166 valence electrons. The van der Waals surface area contributed by atoms with E-state index in [0.717, 1.165) is 33.7 Å². The molecule has 0 amide bonds. The van der Waals surface area contributed by atoms with Gasteiger partial charge in [-0.05, 0) is 18.2 Å². The van der Waals surface area contributed by atoms with Gasteiger partial charge in [0.25, 0.3) is 0 Å². The summed E-state index contributed by atoms with van der Waals surface area (Å²) in [7, 11) is 3.47. The molecule has 0 saturated heterocycles. The molecule has 0 aliphatic carbocycles. The van der Waals surface area contributed by atoms with Crippen molar-refractivity contribution in [1.29, 1.82) is 0 Å². The molecule has 32 heavy (non-hydrogen) atoms. The summed E-state index contributed by atoms with van der Waals surface area (Å²) < 4.78 is 12.8. The third-order valence-corrected chi connectivity index (χ3v) is 4.96. The second-order valence-corrected chi connectivity index (χ2v) is 7.21. The summed E-state index contributed by atoms with van der Waals surface area (Å²) in [6, 6.07) is 11.5. The van der Waals surface area contributed by atoms with Crippen molar-refractivity contribution in [3.8, 4) is 22.8 Å². The third-order valence-electron chi connectivity index (χ3n) is 4.96. The summed E-state index contributed by atoms with van der Waals surface area (Å²) in [5.74, 6) is 1.26. The molecule has 2 heterocycles. The predicted octanol–water partition coefficient (Wildman–Crippen LogP) is 2.51. The molecule has 0 atom stereocenters. The van der Waals surface area contributed by atoms with E-state index in [0.29, 0.717) is 24.6 Å². The Morgan fingerprint density at radius 3 is 2.62 bits per heavy atom. The number of fused-ring (bicyclic) bond motifs is 1. The van der Waals surface area contributed by atoms with Crippen molar-refractivity contribution in [1.82, 2.24) is 19.7 Å². The third kappa shape index (κ3) is 4.63. The van der Waals surface area contributed by atoms with Crippen LogP contribution in [0.1, 0.15) is 0 Å². The van der Waals surface area contributed by atoms with Gasteiger partial charge in [0.1, 0.15) is 18.1 Å². The smallest absolute Gasteiger partial charge is 0.125 e. The molecule has 3 N–H and O–H groups in total. The van der Waals surface area contributed by atoms with Crippen LogP contribution in [0.25, 0.3) is 22.3 Å². The van der Waals surface area contributed by atoms with Gasteiger partial charge in [0.15, 0.2) is 0 Å². The lowest BCUT2D eigenvalue weighted by Crippen LogP contribution is -2.25. The van der Waals surface area contributed by atoms with E-state index in [1.165, 1.54) is 0 Å². The van der Waals surface area contributed by atoms with Crippen LogP contribution < -0.4 is 20.1 Å². The van der Waals surface area contributed by atoms with Crippen LogP contribution in [-0.2, 0) is 7.05 Å². The van der Waals surface area contributed by atoms with E-state index < -0.39 is 0 Å². The normalized spacial score (nSPS) is 11.0. The molecule has 0 fully saturated rings. The summed E-state index contributed by atoms with van der Waals surface area (Å²) in [6.07, 6.45) is 5.43. The van der Waals surface area contributed by atoms with Crippen molar-refractivity contribution >= 4 is 22.4 Å². The highest BCUT2D eigenvalue weighted by Gasteiger charge is 2.14. The number of hydrogen-bond donors (Lipinski definition) is 2. The summed E-state index contributed by atoms with van der Waals surface area (Å²) in [6.45, 7) is 1.16. The van der Waals surface area contributed by atoms with Crippen molar-refractivity contribution in [2.75, 3.05) is 38.3 Å². The molecule has 0 bridgehead atoms. The molecule has 0 aliphatic heterocycles. The maximum absolute atomic E-state index is 9.10. The van der Waals surface area contributed by atoms with E-state index >= 15 is 0 Å². The molecule has 2 aromatic heterocycles. The van der Waals surface area contributed by atoms with Gasteiger partial charge in [-0.3, -0.25) is 9.67 Å². The Bertz CT molecular complexity index is 1210. The summed E-state index contributed by atoms with van der Waals surface area (Å²) in [4.78, 5) is 11.4. The molecule has 9 heteroatoms. The van der Waals surface area contributed by atoms with Crippen LogP contribution in [-0.4, -0.2) is 58.3 Å². The first kappa shape index (κ1) is 21.5. The molecule has 2 aromatic carbocycles. The zero-order valence-electron chi connectivity index (χ0n) is 18.1. The highest BCUT2D eigenvalue weighted by atomic mass is 16.5. The average molecular weight is 435 g/mol. The number of aliphatic hydroxyl groups is 1. The number of benzene rings is 2. The van der Waals surface area contributed by atoms with E-state index in [4.69, 9.17) is 25.3 Å². The van der Waals surface area contributed by atoms with Gasteiger partial charge in [-0.2, -0.15) is 5.10 Å². The summed E-state index contributed by atoms with van der Waals surface area (Å²) in [5.41, 5.74) is 10.9. The number of aromatic nitrogens is 4. The number of aryl methyl sites for hydroxylation is 1. The van der Waals surface area contributed by atoms with E-state index in [2.05, 4.69) is 15.0 Å². The Labute approximate surface area is 186 Å². The molecule has 0 saturated carbocycles. The molecule has 0 spiro atoms. The number of anilines is 2. The van der Waals surface area contributed by atoms with Crippen molar-refractivity contribution < 1.29 is 14.6 Å². The quantitative estimate of drug-likeness (QED) is 0.413. The fraction of sp³-hybridized carbons (Fsp3) is 0.261. The van der Waals surface area contributed by atoms with Gasteiger partial charge < -0.3 is 25.2 Å². The number of methoxy groups -OCH3 is 1. The van der Waals surface area contributed by atoms with E-state index in [9.17, 15) is 0 Å². The predicted molar refractivity (Wildman–Crippen MR) is 123 cm³/mol. The Kier molecular flexibility index (Phi) is 6.48. The lowest BCUT2D eigenvalue weighted by Gasteiger charge is -2.25. The highest BCUT2D eigenvalue weighted by Crippen LogP contribution is 2.34. The Morgan fingerprint density at radius 2 is 1.91 bits per heavy atom. The number of ether oxygens (including phenoxy) is 2. The molecular formula is C23H26N6O3. The van der Waals surface area contributed by atoms with Crippen molar-refractivity contribution in [2.24, 2.45) is 12.8 Å². The molecule has 0 radical (unpaired) electrons. The van der Waals surface area contributed by atoms with Crippen molar-refractivity contribution in [3.05, 3.63) is 55.0 Å². The molecule has 0 aliphatic rings. The summed E-state index contributed by atoms with van der Waals surface area (Å²) in [5, 5.41) is 13.3. The van der Waals surface area contributed by atoms with Crippen LogP contribution in [0.2, 0.25) is 0 Å². The van der Waals surface area contributed by atoms with E-state index in [1.54, 1.807) is 30.3 Å². The van der Waals surface area contributed by atoms with E-state index in [1.807, 2.05) is 43.6 Å². The van der Waals surface area contributed by atoms with Crippen LogP contribution in [0, 0.1) is 0 Å². The number of nitrogens with two attached hydrogens (primary N) is 1. The van der Waals surface area contributed by atoms with Crippen LogP contribution in [0.5, 0.6) is 11.5 Å². The monoisotopic (exact) mass is 434 g/mol. The van der Waals surface area contributed by atoms with Crippen LogP contribution in [0.15, 0.2) is 55.0 Å². The van der Waals surface area contributed by atoms with Crippen LogP contribution in [0.3, 0.4) is 0 Å². The number of nitrogens with zero attached hydrogens (tertiary/aromatic N) is 5. The average Bonchev–Trinajstić information content (AvgIpc) is 3.26. The largest absolute Gasteiger partial charge is 0.497 e. The van der Waals surface area contributed by atoms with E-state index in [-0.39, 0.29) is 13.2 Å². The van der Waals surface area contributed by atoms with Gasteiger partial charge in [-0.25, -0.2) is 4.98 Å². The second-order valence-electron chi connectivity index (χ2n) is 7.21. The maximum atomic E-state index is 9.10.